The molecule has 14 heavy (non-hydrogen) atoms. The van der Waals surface area contributed by atoms with Crippen LogP contribution in [0, 0.1) is 0 Å². The van der Waals surface area contributed by atoms with E-state index in [9.17, 15) is 9.59 Å². The summed E-state index contributed by atoms with van der Waals surface area (Å²) >= 11 is 0. The van der Waals surface area contributed by atoms with Crippen LogP contribution >= 0.6 is 0 Å². The molecule has 0 saturated heterocycles. The van der Waals surface area contributed by atoms with Gasteiger partial charge in [-0.1, -0.05) is 0 Å². The number of nitrogens with one attached hydrogen (secondary N) is 1. The molecular formula is C9H19N3O2. The van der Waals surface area contributed by atoms with Crippen LogP contribution in [0.3, 0.4) is 0 Å². The lowest BCUT2D eigenvalue weighted by Gasteiger charge is -2.25. The molecule has 0 aromatic rings. The third kappa shape index (κ3) is 3.74. The lowest BCUT2D eigenvalue weighted by atomic mass is 10.1. The topological polar surface area (TPSA) is 75.4 Å². The van der Waals surface area contributed by atoms with Crippen molar-refractivity contribution in [1.29, 1.82) is 0 Å². The number of carbonyl (C=O) groups excluding carboxylic acids is 2. The Morgan fingerprint density at radius 3 is 2.43 bits per heavy atom. The minimum absolute atomic E-state index is 0.115. The highest BCUT2D eigenvalue weighted by molar-refractivity contribution is 5.86. The molecule has 0 rings (SSSR count). The van der Waals surface area contributed by atoms with Gasteiger partial charge in [0.15, 0.2) is 0 Å². The summed E-state index contributed by atoms with van der Waals surface area (Å²) in [5.74, 6) is -0.258. The Morgan fingerprint density at radius 1 is 1.50 bits per heavy atom. The van der Waals surface area contributed by atoms with Gasteiger partial charge in [0.25, 0.3) is 0 Å². The predicted molar refractivity (Wildman–Crippen MR) is 54.6 cm³/mol. The summed E-state index contributed by atoms with van der Waals surface area (Å²) in [6.45, 7) is 1.97. The van der Waals surface area contributed by atoms with E-state index < -0.39 is 6.04 Å². The average Bonchev–Trinajstić information content (AvgIpc) is 2.17. The number of carbonyl (C=O) groups is 2. The van der Waals surface area contributed by atoms with Gasteiger partial charge >= 0.3 is 0 Å². The molecule has 0 bridgehead atoms. The fraction of sp³-hybridized carbons (Fsp3) is 0.778. The van der Waals surface area contributed by atoms with Gasteiger partial charge in [0.05, 0.1) is 0 Å². The van der Waals surface area contributed by atoms with E-state index in [0.29, 0.717) is 13.0 Å². The van der Waals surface area contributed by atoms with Crippen LogP contribution in [0.2, 0.25) is 0 Å². The second kappa shape index (κ2) is 6.37. The number of likely N-dealkylation sites (N-methyl/N-ethyl adjacent to an activating group) is 2. The van der Waals surface area contributed by atoms with Crippen LogP contribution in [0.1, 0.15) is 19.8 Å². The maximum Gasteiger partial charge on any atom is 0.242 e. The zero-order valence-corrected chi connectivity index (χ0v) is 9.04. The van der Waals surface area contributed by atoms with Gasteiger partial charge in [0.2, 0.25) is 11.8 Å². The first-order valence-corrected chi connectivity index (χ1v) is 4.69. The van der Waals surface area contributed by atoms with Gasteiger partial charge in [-0.25, -0.2) is 0 Å². The van der Waals surface area contributed by atoms with Gasteiger partial charge in [-0.3, -0.25) is 9.59 Å². The van der Waals surface area contributed by atoms with Crippen LogP contribution in [0.25, 0.3) is 0 Å². The normalized spacial score (nSPS) is 12.0. The molecule has 0 aromatic heterocycles. The van der Waals surface area contributed by atoms with Crippen molar-refractivity contribution in [3.05, 3.63) is 0 Å². The van der Waals surface area contributed by atoms with E-state index in [2.05, 4.69) is 5.32 Å². The molecule has 5 heteroatoms. The summed E-state index contributed by atoms with van der Waals surface area (Å²) in [4.78, 5) is 23.9. The maximum absolute atomic E-state index is 11.4. The van der Waals surface area contributed by atoms with E-state index in [4.69, 9.17) is 5.73 Å². The summed E-state index contributed by atoms with van der Waals surface area (Å²) in [7, 11) is 3.19. The summed E-state index contributed by atoms with van der Waals surface area (Å²) < 4.78 is 0. The summed E-state index contributed by atoms with van der Waals surface area (Å²) in [6, 6.07) is -0.402. The Balaban J connectivity index is 4.37. The molecule has 0 fully saturated rings. The zero-order chi connectivity index (χ0) is 11.1. The third-order valence-corrected chi connectivity index (χ3v) is 2.19. The van der Waals surface area contributed by atoms with Crippen molar-refractivity contribution in [1.82, 2.24) is 10.2 Å². The van der Waals surface area contributed by atoms with Crippen molar-refractivity contribution in [2.24, 2.45) is 5.73 Å². The second-order valence-electron chi connectivity index (χ2n) is 3.19. The van der Waals surface area contributed by atoms with Gasteiger partial charge in [0, 0.05) is 21.0 Å². The number of nitrogens with two attached hydrogens (primary N) is 1. The predicted octanol–water partition coefficient (Wildman–Crippen LogP) is -0.682. The van der Waals surface area contributed by atoms with Crippen LogP contribution < -0.4 is 11.1 Å². The Kier molecular flexibility index (Phi) is 5.87. The first-order valence-electron chi connectivity index (χ1n) is 4.69. The van der Waals surface area contributed by atoms with E-state index in [-0.39, 0.29) is 11.8 Å². The van der Waals surface area contributed by atoms with Gasteiger partial charge in [-0.2, -0.15) is 0 Å². The smallest absolute Gasteiger partial charge is 0.242 e. The van der Waals surface area contributed by atoms with Crippen molar-refractivity contribution in [2.75, 3.05) is 20.6 Å². The summed E-state index contributed by atoms with van der Waals surface area (Å²) in [6.07, 6.45) is 1.34. The Labute approximate surface area is 84.6 Å². The monoisotopic (exact) mass is 201 g/mol. The highest BCUT2D eigenvalue weighted by Gasteiger charge is 2.22. The number of hydrogen-bond acceptors (Lipinski definition) is 3. The lowest BCUT2D eigenvalue weighted by Crippen LogP contribution is -2.46. The molecule has 1 atom stereocenters. The van der Waals surface area contributed by atoms with Gasteiger partial charge in [-0.05, 0) is 19.4 Å². The highest BCUT2D eigenvalue weighted by atomic mass is 16.2. The Morgan fingerprint density at radius 2 is 2.07 bits per heavy atom. The molecule has 3 N–H and O–H groups in total. The van der Waals surface area contributed by atoms with Crippen LogP contribution in [-0.2, 0) is 9.59 Å². The molecule has 0 aliphatic carbocycles. The molecule has 0 aliphatic rings. The molecule has 1 unspecified atom stereocenters. The third-order valence-electron chi connectivity index (χ3n) is 2.19. The largest absolute Gasteiger partial charge is 0.357 e. The fourth-order valence-corrected chi connectivity index (χ4v) is 1.20. The van der Waals surface area contributed by atoms with E-state index in [1.54, 1.807) is 14.1 Å². The molecule has 5 nitrogen and oxygen atoms in total. The van der Waals surface area contributed by atoms with Crippen LogP contribution in [0.4, 0.5) is 0 Å². The second-order valence-corrected chi connectivity index (χ2v) is 3.19. The van der Waals surface area contributed by atoms with E-state index in [0.717, 1.165) is 6.42 Å². The van der Waals surface area contributed by atoms with Gasteiger partial charge in [-0.15, -0.1) is 0 Å². The molecule has 0 saturated carbocycles. The average molecular weight is 201 g/mol. The van der Waals surface area contributed by atoms with Crippen molar-refractivity contribution < 1.29 is 9.59 Å². The molecule has 0 aliphatic heterocycles. The maximum atomic E-state index is 11.4. The van der Waals surface area contributed by atoms with Crippen molar-refractivity contribution >= 4 is 11.8 Å². The van der Waals surface area contributed by atoms with Gasteiger partial charge in [0.1, 0.15) is 6.04 Å². The number of amides is 2. The molecule has 0 heterocycles. The standard InChI is InChI=1S/C9H19N3O2/c1-7(13)12(3)8(5-4-6-10)9(14)11-2/h8H,4-6,10H2,1-3H3,(H,11,14). The fourth-order valence-electron chi connectivity index (χ4n) is 1.20. The quantitative estimate of drug-likeness (QED) is 0.618. The molecule has 0 aromatic carbocycles. The highest BCUT2D eigenvalue weighted by Crippen LogP contribution is 2.05. The number of hydrogen-bond donors (Lipinski definition) is 2. The Hall–Kier alpha value is -1.10. The molecular weight excluding hydrogens is 182 g/mol. The first-order chi connectivity index (χ1) is 6.54. The van der Waals surface area contributed by atoms with Crippen molar-refractivity contribution in [2.45, 2.75) is 25.8 Å². The van der Waals surface area contributed by atoms with Crippen LogP contribution in [-0.4, -0.2) is 43.4 Å². The number of rotatable bonds is 5. The summed E-state index contributed by atoms with van der Waals surface area (Å²) in [5, 5.41) is 2.54. The molecule has 2 amide bonds. The van der Waals surface area contributed by atoms with E-state index >= 15 is 0 Å². The minimum atomic E-state index is -0.402. The lowest BCUT2D eigenvalue weighted by molar-refractivity contribution is -0.137. The van der Waals surface area contributed by atoms with Crippen LogP contribution in [0.15, 0.2) is 0 Å². The van der Waals surface area contributed by atoms with Crippen molar-refractivity contribution in [3.63, 3.8) is 0 Å². The molecule has 0 radical (unpaired) electrons. The molecule has 82 valence electrons. The van der Waals surface area contributed by atoms with Crippen molar-refractivity contribution in [3.8, 4) is 0 Å². The Bertz CT molecular complexity index is 206. The SMILES string of the molecule is CNC(=O)C(CCCN)N(C)C(C)=O. The number of nitrogens with zero attached hydrogens (tertiary/aromatic N) is 1. The molecule has 0 spiro atoms. The zero-order valence-electron chi connectivity index (χ0n) is 9.04. The summed E-state index contributed by atoms with van der Waals surface area (Å²) in [5.41, 5.74) is 5.36. The first kappa shape index (κ1) is 12.9. The van der Waals surface area contributed by atoms with E-state index in [1.807, 2.05) is 0 Å². The minimum Gasteiger partial charge on any atom is -0.357 e. The van der Waals surface area contributed by atoms with Crippen LogP contribution in [0.5, 0.6) is 0 Å². The van der Waals surface area contributed by atoms with E-state index in [1.165, 1.54) is 11.8 Å². The van der Waals surface area contributed by atoms with Gasteiger partial charge < -0.3 is 16.0 Å².